The van der Waals surface area contributed by atoms with Crippen molar-refractivity contribution in [1.29, 1.82) is 0 Å². The van der Waals surface area contributed by atoms with E-state index in [0.29, 0.717) is 23.4 Å². The smallest absolute Gasteiger partial charge is 0.308 e. The maximum Gasteiger partial charge on any atom is 0.323 e. The number of aryl methyl sites for hydroxylation is 1. The molecule has 4 amide bonds. The molecule has 0 saturated heterocycles. The molecular weight excluding hydrogens is 342 g/mol. The normalized spacial score (nSPS) is 13.1. The number of imide groups is 1. The number of hydrogen-bond acceptors (Lipinski definition) is 3. The first-order valence-electron chi connectivity index (χ1n) is 8.92. The lowest BCUT2D eigenvalue weighted by Crippen LogP contribution is -2.33. The summed E-state index contributed by atoms with van der Waals surface area (Å²) in [6, 6.07) is 10.1. The first-order valence-corrected chi connectivity index (χ1v) is 8.92. The molecule has 0 radical (unpaired) electrons. The fourth-order valence-electron chi connectivity index (χ4n) is 3.07. The molecule has 0 spiro atoms. The van der Waals surface area contributed by atoms with Crippen LogP contribution in [0, 0.1) is 19.8 Å². The fraction of sp³-hybridized carbons (Fsp3) is 0.286. The fourth-order valence-corrected chi connectivity index (χ4v) is 3.07. The van der Waals surface area contributed by atoms with E-state index in [2.05, 4.69) is 10.6 Å². The third-order valence-corrected chi connectivity index (χ3v) is 4.63. The zero-order valence-electron chi connectivity index (χ0n) is 15.9. The van der Waals surface area contributed by atoms with Gasteiger partial charge in [0.2, 0.25) is 0 Å². The van der Waals surface area contributed by atoms with Crippen molar-refractivity contribution in [2.75, 3.05) is 17.2 Å². The Morgan fingerprint density at radius 3 is 2.41 bits per heavy atom. The summed E-state index contributed by atoms with van der Waals surface area (Å²) < 4.78 is 0. The highest BCUT2D eigenvalue weighted by molar-refractivity contribution is 6.22. The Morgan fingerprint density at radius 2 is 1.70 bits per heavy atom. The maximum absolute atomic E-state index is 12.5. The lowest BCUT2D eigenvalue weighted by atomic mass is 10.1. The van der Waals surface area contributed by atoms with Crippen LogP contribution in [0.15, 0.2) is 36.4 Å². The van der Waals surface area contributed by atoms with E-state index >= 15 is 0 Å². The Bertz CT molecular complexity index is 934. The molecule has 0 saturated carbocycles. The molecule has 2 aromatic rings. The van der Waals surface area contributed by atoms with Crippen molar-refractivity contribution in [2.24, 2.45) is 5.92 Å². The quantitative estimate of drug-likeness (QED) is 0.797. The number of urea groups is 1. The molecule has 6 heteroatoms. The van der Waals surface area contributed by atoms with Crippen LogP contribution in [0.2, 0.25) is 0 Å². The predicted molar refractivity (Wildman–Crippen MR) is 105 cm³/mol. The highest BCUT2D eigenvalue weighted by Crippen LogP contribution is 2.27. The summed E-state index contributed by atoms with van der Waals surface area (Å²) in [6.45, 7) is 8.20. The van der Waals surface area contributed by atoms with E-state index in [1.807, 2.05) is 45.9 Å². The molecule has 0 atom stereocenters. The predicted octanol–water partition coefficient (Wildman–Crippen LogP) is 4.20. The van der Waals surface area contributed by atoms with Crippen LogP contribution < -0.4 is 10.6 Å². The van der Waals surface area contributed by atoms with Crippen LogP contribution in [0.4, 0.5) is 16.2 Å². The monoisotopic (exact) mass is 365 g/mol. The number of amides is 4. The third-order valence-electron chi connectivity index (χ3n) is 4.63. The highest BCUT2D eigenvalue weighted by Gasteiger charge is 2.35. The number of hydrogen-bond donors (Lipinski definition) is 2. The first kappa shape index (κ1) is 18.6. The average molecular weight is 365 g/mol. The molecule has 1 aliphatic heterocycles. The Hall–Kier alpha value is -3.15. The summed E-state index contributed by atoms with van der Waals surface area (Å²) in [5, 5.41) is 5.54. The van der Waals surface area contributed by atoms with E-state index in [1.54, 1.807) is 18.2 Å². The van der Waals surface area contributed by atoms with Crippen molar-refractivity contribution < 1.29 is 14.4 Å². The Morgan fingerprint density at radius 1 is 1.00 bits per heavy atom. The van der Waals surface area contributed by atoms with Crippen molar-refractivity contribution in [3.05, 3.63) is 58.7 Å². The molecule has 2 aromatic carbocycles. The molecule has 27 heavy (non-hydrogen) atoms. The van der Waals surface area contributed by atoms with Crippen LogP contribution in [-0.2, 0) is 0 Å². The van der Waals surface area contributed by atoms with E-state index in [-0.39, 0.29) is 17.7 Å². The van der Waals surface area contributed by atoms with Crippen molar-refractivity contribution in [2.45, 2.75) is 27.7 Å². The summed E-state index contributed by atoms with van der Waals surface area (Å²) in [7, 11) is 0. The zero-order valence-corrected chi connectivity index (χ0v) is 15.9. The van der Waals surface area contributed by atoms with Crippen LogP contribution in [-0.4, -0.2) is 29.3 Å². The summed E-state index contributed by atoms with van der Waals surface area (Å²) in [6.07, 6.45) is 0. The standard InChI is InChI=1S/C21H23N3O3/c1-12(2)11-24-19(25)16-9-8-15(10-17(16)20(24)26)22-21(27)23-18-7-5-6-13(3)14(18)4/h5-10,12H,11H2,1-4H3,(H2,22,23,27). The van der Waals surface area contributed by atoms with Gasteiger partial charge in [-0.2, -0.15) is 0 Å². The van der Waals surface area contributed by atoms with E-state index in [0.717, 1.165) is 16.8 Å². The van der Waals surface area contributed by atoms with Gasteiger partial charge in [0, 0.05) is 17.9 Å². The van der Waals surface area contributed by atoms with Crippen molar-refractivity contribution in [3.8, 4) is 0 Å². The molecule has 1 aliphatic rings. The van der Waals surface area contributed by atoms with Crippen molar-refractivity contribution in [1.82, 2.24) is 4.90 Å². The largest absolute Gasteiger partial charge is 0.323 e. The van der Waals surface area contributed by atoms with Gasteiger partial charge in [-0.05, 0) is 55.2 Å². The van der Waals surface area contributed by atoms with Crippen molar-refractivity contribution >= 4 is 29.2 Å². The maximum atomic E-state index is 12.5. The number of anilines is 2. The topological polar surface area (TPSA) is 78.5 Å². The van der Waals surface area contributed by atoms with Crippen LogP contribution >= 0.6 is 0 Å². The highest BCUT2D eigenvalue weighted by atomic mass is 16.2. The lowest BCUT2D eigenvalue weighted by Gasteiger charge is -2.15. The molecule has 0 aliphatic carbocycles. The summed E-state index contributed by atoms with van der Waals surface area (Å²) in [5.41, 5.74) is 3.96. The van der Waals surface area contributed by atoms with Gasteiger partial charge in [0.1, 0.15) is 0 Å². The average Bonchev–Trinajstić information content (AvgIpc) is 2.83. The number of fused-ring (bicyclic) bond motifs is 1. The first-order chi connectivity index (χ1) is 12.8. The Balaban J connectivity index is 1.76. The Labute approximate surface area is 158 Å². The Kier molecular flexibility index (Phi) is 4.99. The van der Waals surface area contributed by atoms with Gasteiger partial charge in [-0.3, -0.25) is 14.5 Å². The molecule has 6 nitrogen and oxygen atoms in total. The van der Waals surface area contributed by atoms with Crippen LogP contribution in [0.25, 0.3) is 0 Å². The van der Waals surface area contributed by atoms with Gasteiger partial charge >= 0.3 is 6.03 Å². The van der Waals surface area contributed by atoms with Crippen molar-refractivity contribution in [3.63, 3.8) is 0 Å². The van der Waals surface area contributed by atoms with Gasteiger partial charge < -0.3 is 10.6 Å². The van der Waals surface area contributed by atoms with Crippen LogP contribution in [0.3, 0.4) is 0 Å². The number of carbonyl (C=O) groups excluding carboxylic acids is 3. The second kappa shape index (κ2) is 7.23. The van der Waals surface area contributed by atoms with Gasteiger partial charge in [0.25, 0.3) is 11.8 Å². The number of nitrogens with one attached hydrogen (secondary N) is 2. The number of rotatable bonds is 4. The summed E-state index contributed by atoms with van der Waals surface area (Å²) in [5.74, 6) is -0.412. The van der Waals surface area contributed by atoms with E-state index < -0.39 is 6.03 Å². The van der Waals surface area contributed by atoms with Crippen LogP contribution in [0.1, 0.15) is 45.7 Å². The minimum absolute atomic E-state index is 0.188. The van der Waals surface area contributed by atoms with Crippen LogP contribution in [0.5, 0.6) is 0 Å². The molecule has 0 fully saturated rings. The number of nitrogens with zero attached hydrogens (tertiary/aromatic N) is 1. The van der Waals surface area contributed by atoms with Gasteiger partial charge in [0.15, 0.2) is 0 Å². The van der Waals surface area contributed by atoms with Gasteiger partial charge in [-0.15, -0.1) is 0 Å². The molecule has 2 N–H and O–H groups in total. The molecule has 1 heterocycles. The van der Waals surface area contributed by atoms with Gasteiger partial charge in [-0.25, -0.2) is 4.79 Å². The summed E-state index contributed by atoms with van der Waals surface area (Å²) >= 11 is 0. The second-order valence-corrected chi connectivity index (χ2v) is 7.20. The third kappa shape index (κ3) is 3.69. The molecule has 140 valence electrons. The van der Waals surface area contributed by atoms with Gasteiger partial charge in [-0.1, -0.05) is 26.0 Å². The number of carbonyl (C=O) groups is 3. The van der Waals surface area contributed by atoms with Gasteiger partial charge in [0.05, 0.1) is 11.1 Å². The second-order valence-electron chi connectivity index (χ2n) is 7.20. The molecule has 3 rings (SSSR count). The molecule has 0 unspecified atom stereocenters. The molecule has 0 bridgehead atoms. The molecule has 0 aromatic heterocycles. The number of benzene rings is 2. The molecular formula is C21H23N3O3. The summed E-state index contributed by atoms with van der Waals surface area (Å²) in [4.78, 5) is 38.5. The minimum atomic E-state index is -0.403. The minimum Gasteiger partial charge on any atom is -0.308 e. The zero-order chi connectivity index (χ0) is 19.7. The lowest BCUT2D eigenvalue weighted by molar-refractivity contribution is 0.0636. The van der Waals surface area contributed by atoms with E-state index in [1.165, 1.54) is 4.90 Å². The SMILES string of the molecule is Cc1cccc(NC(=O)Nc2ccc3c(c2)C(=O)N(CC(C)C)C3=O)c1C. The van der Waals surface area contributed by atoms with E-state index in [9.17, 15) is 14.4 Å². The van der Waals surface area contributed by atoms with E-state index in [4.69, 9.17) is 0 Å².